The molecule has 0 saturated carbocycles. The van der Waals surface area contributed by atoms with Crippen molar-refractivity contribution in [1.29, 1.82) is 0 Å². The van der Waals surface area contributed by atoms with Crippen molar-refractivity contribution in [1.82, 2.24) is 20.4 Å². The van der Waals surface area contributed by atoms with E-state index >= 15 is 0 Å². The Hall–Kier alpha value is -1.56. The van der Waals surface area contributed by atoms with Crippen molar-refractivity contribution >= 4 is 6.09 Å². The van der Waals surface area contributed by atoms with E-state index in [0.29, 0.717) is 13.1 Å². The summed E-state index contributed by atoms with van der Waals surface area (Å²) in [5, 5.41) is 10.5. The standard InChI is InChI=1S/C13H22N4O2/c1-9-7-10(16-15-9)11-8-17(6-5-14-11)12(18)19-13(2,3)4/h7,11,14H,5-6,8H2,1-4H3,(H,15,16). The van der Waals surface area contributed by atoms with Crippen LogP contribution in [0.1, 0.15) is 38.2 Å². The first kappa shape index (κ1) is 13.9. The molecule has 1 unspecified atom stereocenters. The van der Waals surface area contributed by atoms with Crippen molar-refractivity contribution in [3.8, 4) is 0 Å². The van der Waals surface area contributed by atoms with Gasteiger partial charge in [0, 0.05) is 25.3 Å². The van der Waals surface area contributed by atoms with E-state index in [1.54, 1.807) is 4.90 Å². The van der Waals surface area contributed by atoms with Crippen molar-refractivity contribution in [3.63, 3.8) is 0 Å². The third-order valence-corrected chi connectivity index (χ3v) is 2.91. The SMILES string of the molecule is Cc1cc(C2CN(C(=O)OC(C)(C)C)CCN2)n[nH]1. The Balaban J connectivity index is 1.99. The molecule has 0 spiro atoms. The molecule has 0 aliphatic carbocycles. The van der Waals surface area contributed by atoms with Gasteiger partial charge in [0.15, 0.2) is 0 Å². The van der Waals surface area contributed by atoms with E-state index in [4.69, 9.17) is 4.74 Å². The Kier molecular flexibility index (Phi) is 3.80. The van der Waals surface area contributed by atoms with Gasteiger partial charge in [-0.15, -0.1) is 0 Å². The molecule has 6 heteroatoms. The Morgan fingerprint density at radius 2 is 2.26 bits per heavy atom. The first-order valence-corrected chi connectivity index (χ1v) is 6.58. The summed E-state index contributed by atoms with van der Waals surface area (Å²) in [4.78, 5) is 13.8. The minimum absolute atomic E-state index is 0.0613. The van der Waals surface area contributed by atoms with Gasteiger partial charge in [0.1, 0.15) is 5.60 Å². The first-order chi connectivity index (χ1) is 8.85. The summed E-state index contributed by atoms with van der Waals surface area (Å²) in [7, 11) is 0. The zero-order valence-corrected chi connectivity index (χ0v) is 12.0. The topological polar surface area (TPSA) is 70.2 Å². The summed E-state index contributed by atoms with van der Waals surface area (Å²) in [6, 6.07) is 2.06. The van der Waals surface area contributed by atoms with Crippen LogP contribution in [0, 0.1) is 6.92 Å². The van der Waals surface area contributed by atoms with Crippen LogP contribution < -0.4 is 5.32 Å². The summed E-state index contributed by atoms with van der Waals surface area (Å²) in [6.45, 7) is 9.58. The molecule has 1 atom stereocenters. The molecule has 6 nitrogen and oxygen atoms in total. The minimum atomic E-state index is -0.458. The number of aryl methyl sites for hydroxylation is 1. The largest absolute Gasteiger partial charge is 0.444 e. The van der Waals surface area contributed by atoms with Gasteiger partial charge in [0.2, 0.25) is 0 Å². The number of aromatic amines is 1. The Morgan fingerprint density at radius 1 is 1.53 bits per heavy atom. The van der Waals surface area contributed by atoms with Crippen LogP contribution in [0.3, 0.4) is 0 Å². The quantitative estimate of drug-likeness (QED) is 0.810. The second kappa shape index (κ2) is 5.21. The molecular formula is C13H22N4O2. The van der Waals surface area contributed by atoms with Gasteiger partial charge >= 0.3 is 6.09 Å². The van der Waals surface area contributed by atoms with Crippen LogP contribution in [0.15, 0.2) is 6.07 Å². The van der Waals surface area contributed by atoms with Crippen LogP contribution in [0.4, 0.5) is 4.79 Å². The molecule has 1 aliphatic rings. The highest BCUT2D eigenvalue weighted by Crippen LogP contribution is 2.18. The lowest BCUT2D eigenvalue weighted by Gasteiger charge is -2.34. The highest BCUT2D eigenvalue weighted by molar-refractivity contribution is 5.68. The molecule has 1 aromatic heterocycles. The fourth-order valence-corrected chi connectivity index (χ4v) is 2.06. The van der Waals surface area contributed by atoms with E-state index in [1.165, 1.54) is 0 Å². The van der Waals surface area contributed by atoms with E-state index in [-0.39, 0.29) is 12.1 Å². The summed E-state index contributed by atoms with van der Waals surface area (Å²) >= 11 is 0. The lowest BCUT2D eigenvalue weighted by atomic mass is 10.1. The average Bonchev–Trinajstić information content (AvgIpc) is 2.74. The predicted molar refractivity (Wildman–Crippen MR) is 71.9 cm³/mol. The Morgan fingerprint density at radius 3 is 2.84 bits per heavy atom. The monoisotopic (exact) mass is 266 g/mol. The maximum Gasteiger partial charge on any atom is 0.410 e. The third-order valence-electron chi connectivity index (χ3n) is 2.91. The lowest BCUT2D eigenvalue weighted by molar-refractivity contribution is 0.0194. The molecule has 106 valence electrons. The van der Waals surface area contributed by atoms with Crippen molar-refractivity contribution < 1.29 is 9.53 Å². The zero-order valence-electron chi connectivity index (χ0n) is 12.0. The van der Waals surface area contributed by atoms with Crippen LogP contribution in [0.25, 0.3) is 0 Å². The zero-order chi connectivity index (χ0) is 14.0. The fraction of sp³-hybridized carbons (Fsp3) is 0.692. The van der Waals surface area contributed by atoms with Crippen LogP contribution in [-0.4, -0.2) is 46.4 Å². The molecule has 1 fully saturated rings. The molecule has 19 heavy (non-hydrogen) atoms. The number of carbonyl (C=O) groups excluding carboxylic acids is 1. The second-order valence-corrected chi connectivity index (χ2v) is 5.91. The molecule has 2 N–H and O–H groups in total. The Bertz CT molecular complexity index is 450. The highest BCUT2D eigenvalue weighted by Gasteiger charge is 2.28. The maximum absolute atomic E-state index is 12.0. The number of nitrogens with zero attached hydrogens (tertiary/aromatic N) is 2. The van der Waals surface area contributed by atoms with Gasteiger partial charge in [-0.2, -0.15) is 5.10 Å². The molecule has 0 radical (unpaired) electrons. The molecule has 1 aliphatic heterocycles. The number of carbonyl (C=O) groups is 1. The van der Waals surface area contributed by atoms with Gasteiger partial charge in [-0.1, -0.05) is 0 Å². The summed E-state index contributed by atoms with van der Waals surface area (Å²) < 4.78 is 5.40. The number of hydrogen-bond donors (Lipinski definition) is 2. The number of rotatable bonds is 1. The van der Waals surface area contributed by atoms with Gasteiger partial charge < -0.3 is 15.0 Å². The van der Waals surface area contributed by atoms with Gasteiger partial charge in [0.25, 0.3) is 0 Å². The molecule has 0 aromatic carbocycles. The van der Waals surface area contributed by atoms with Gasteiger partial charge in [-0.3, -0.25) is 5.10 Å². The second-order valence-electron chi connectivity index (χ2n) is 5.91. The molecule has 2 heterocycles. The van der Waals surface area contributed by atoms with E-state index < -0.39 is 5.60 Å². The normalized spacial score (nSPS) is 20.4. The fourth-order valence-electron chi connectivity index (χ4n) is 2.06. The number of aromatic nitrogens is 2. The molecule has 1 amide bonds. The van der Waals surface area contributed by atoms with E-state index in [2.05, 4.69) is 15.5 Å². The molecule has 2 rings (SSSR count). The van der Waals surface area contributed by atoms with Crippen LogP contribution in [0.5, 0.6) is 0 Å². The summed E-state index contributed by atoms with van der Waals surface area (Å²) in [5.74, 6) is 0. The van der Waals surface area contributed by atoms with E-state index in [9.17, 15) is 4.79 Å². The number of hydrogen-bond acceptors (Lipinski definition) is 4. The number of ether oxygens (including phenoxy) is 1. The van der Waals surface area contributed by atoms with Gasteiger partial charge in [-0.25, -0.2) is 4.79 Å². The number of H-pyrrole nitrogens is 1. The number of piperazine rings is 1. The van der Waals surface area contributed by atoms with Crippen LogP contribution in [-0.2, 0) is 4.74 Å². The third kappa shape index (κ3) is 3.70. The molecule has 0 bridgehead atoms. The highest BCUT2D eigenvalue weighted by atomic mass is 16.6. The van der Waals surface area contributed by atoms with Crippen molar-refractivity contribution in [2.45, 2.75) is 39.3 Å². The average molecular weight is 266 g/mol. The van der Waals surface area contributed by atoms with Crippen molar-refractivity contribution in [2.24, 2.45) is 0 Å². The predicted octanol–water partition coefficient (Wildman–Crippen LogP) is 1.60. The number of amides is 1. The smallest absolute Gasteiger partial charge is 0.410 e. The van der Waals surface area contributed by atoms with Gasteiger partial charge in [-0.05, 0) is 33.8 Å². The maximum atomic E-state index is 12.0. The van der Waals surface area contributed by atoms with Crippen molar-refractivity contribution in [3.05, 3.63) is 17.5 Å². The summed E-state index contributed by atoms with van der Waals surface area (Å²) in [5.41, 5.74) is 1.50. The van der Waals surface area contributed by atoms with Crippen LogP contribution >= 0.6 is 0 Å². The summed E-state index contributed by atoms with van der Waals surface area (Å²) in [6.07, 6.45) is -0.258. The van der Waals surface area contributed by atoms with Crippen LogP contribution in [0.2, 0.25) is 0 Å². The Labute approximate surface area is 113 Å². The minimum Gasteiger partial charge on any atom is -0.444 e. The number of nitrogens with one attached hydrogen (secondary N) is 2. The molecule has 1 saturated heterocycles. The first-order valence-electron chi connectivity index (χ1n) is 6.58. The van der Waals surface area contributed by atoms with Gasteiger partial charge in [0.05, 0.1) is 11.7 Å². The molecular weight excluding hydrogens is 244 g/mol. The lowest BCUT2D eigenvalue weighted by Crippen LogP contribution is -2.49. The van der Waals surface area contributed by atoms with E-state index in [0.717, 1.165) is 17.9 Å². The van der Waals surface area contributed by atoms with E-state index in [1.807, 2.05) is 33.8 Å². The molecule has 1 aromatic rings. The van der Waals surface area contributed by atoms with Crippen molar-refractivity contribution in [2.75, 3.05) is 19.6 Å².